The topological polar surface area (TPSA) is 24.9 Å². The fourth-order valence-corrected chi connectivity index (χ4v) is 1.30. The van der Waals surface area contributed by atoms with Crippen molar-refractivity contribution in [3.63, 3.8) is 0 Å². The van der Waals surface area contributed by atoms with Gasteiger partial charge in [-0.2, -0.15) is 0 Å². The number of aryl methyl sites for hydroxylation is 1. The first-order valence-electron chi connectivity index (χ1n) is 6.55. The van der Waals surface area contributed by atoms with E-state index in [1.54, 1.807) is 0 Å². The molecule has 0 saturated heterocycles. The third-order valence-corrected chi connectivity index (χ3v) is 1.79. The molecular formula is C14H28N2. The molecule has 0 fully saturated rings. The number of hydrogen-bond acceptors (Lipinski definition) is 2. The standard InChI is InChI=1S/C8H10N2.3C2H6/c1-6-4-7-2-3-9-8(7)10-5-6;3*1-2/h4-5H,2-3H2,1H3,(H,9,10);3*1-2H3. The van der Waals surface area contributed by atoms with E-state index in [1.807, 2.05) is 47.7 Å². The largest absolute Gasteiger partial charge is 0.370 e. The molecule has 2 rings (SSSR count). The first kappa shape index (κ1) is 17.3. The number of hydrogen-bond donors (Lipinski definition) is 1. The molecule has 0 unspecified atom stereocenters. The van der Waals surface area contributed by atoms with Crippen LogP contribution in [-0.2, 0) is 6.42 Å². The lowest BCUT2D eigenvalue weighted by Crippen LogP contribution is -1.92. The van der Waals surface area contributed by atoms with E-state index in [-0.39, 0.29) is 0 Å². The predicted molar refractivity (Wildman–Crippen MR) is 75.2 cm³/mol. The van der Waals surface area contributed by atoms with Crippen molar-refractivity contribution in [2.75, 3.05) is 11.9 Å². The van der Waals surface area contributed by atoms with Crippen LogP contribution < -0.4 is 5.32 Å². The van der Waals surface area contributed by atoms with Crippen LogP contribution in [0.15, 0.2) is 12.3 Å². The van der Waals surface area contributed by atoms with Crippen LogP contribution in [0.2, 0.25) is 0 Å². The van der Waals surface area contributed by atoms with Gasteiger partial charge in [-0.15, -0.1) is 0 Å². The van der Waals surface area contributed by atoms with Gasteiger partial charge in [-0.1, -0.05) is 47.6 Å². The summed E-state index contributed by atoms with van der Waals surface area (Å²) in [5, 5.41) is 3.22. The third-order valence-electron chi connectivity index (χ3n) is 1.79. The second-order valence-corrected chi connectivity index (χ2v) is 2.70. The van der Waals surface area contributed by atoms with E-state index in [9.17, 15) is 0 Å². The monoisotopic (exact) mass is 224 g/mol. The van der Waals surface area contributed by atoms with Crippen LogP contribution in [0, 0.1) is 6.92 Å². The van der Waals surface area contributed by atoms with Gasteiger partial charge in [0.15, 0.2) is 0 Å². The molecular weight excluding hydrogens is 196 g/mol. The van der Waals surface area contributed by atoms with Gasteiger partial charge in [0.05, 0.1) is 0 Å². The fraction of sp³-hybridized carbons (Fsp3) is 0.643. The van der Waals surface area contributed by atoms with E-state index in [0.29, 0.717) is 0 Å². The van der Waals surface area contributed by atoms with Crippen LogP contribution in [0.1, 0.15) is 52.7 Å². The van der Waals surface area contributed by atoms with Crippen molar-refractivity contribution < 1.29 is 0 Å². The summed E-state index contributed by atoms with van der Waals surface area (Å²) >= 11 is 0. The molecule has 0 saturated carbocycles. The minimum atomic E-state index is 1.05. The Hall–Kier alpha value is -1.05. The van der Waals surface area contributed by atoms with Gasteiger partial charge >= 0.3 is 0 Å². The average molecular weight is 224 g/mol. The first-order valence-corrected chi connectivity index (χ1v) is 6.55. The molecule has 0 aromatic carbocycles. The van der Waals surface area contributed by atoms with Crippen LogP contribution in [0.4, 0.5) is 5.82 Å². The molecule has 1 N–H and O–H groups in total. The molecule has 0 spiro atoms. The lowest BCUT2D eigenvalue weighted by Gasteiger charge is -1.97. The molecule has 1 aliphatic heterocycles. The van der Waals surface area contributed by atoms with Gasteiger partial charge in [0.25, 0.3) is 0 Å². The zero-order chi connectivity index (χ0) is 13.0. The second kappa shape index (κ2) is 12.0. The minimum Gasteiger partial charge on any atom is -0.370 e. The predicted octanol–water partition coefficient (Wildman–Crippen LogP) is 4.44. The quantitative estimate of drug-likeness (QED) is 0.705. The van der Waals surface area contributed by atoms with E-state index in [0.717, 1.165) is 18.8 Å². The molecule has 2 nitrogen and oxygen atoms in total. The van der Waals surface area contributed by atoms with Crippen molar-refractivity contribution in [3.05, 3.63) is 23.4 Å². The molecule has 0 aliphatic carbocycles. The molecule has 1 aromatic rings. The van der Waals surface area contributed by atoms with Gasteiger partial charge in [0.1, 0.15) is 5.82 Å². The maximum atomic E-state index is 4.25. The van der Waals surface area contributed by atoms with E-state index < -0.39 is 0 Å². The molecule has 0 atom stereocenters. The number of aromatic nitrogens is 1. The Labute approximate surface area is 101 Å². The van der Waals surface area contributed by atoms with Crippen LogP contribution >= 0.6 is 0 Å². The molecule has 0 amide bonds. The average Bonchev–Trinajstić information content (AvgIpc) is 2.84. The summed E-state index contributed by atoms with van der Waals surface area (Å²) in [6, 6.07) is 2.20. The SMILES string of the molecule is CC.CC.CC.Cc1cnc2c(c1)CCN2. The maximum Gasteiger partial charge on any atom is 0.129 e. The lowest BCUT2D eigenvalue weighted by atomic mass is 10.2. The highest BCUT2D eigenvalue weighted by molar-refractivity contribution is 5.49. The highest BCUT2D eigenvalue weighted by Crippen LogP contribution is 2.18. The van der Waals surface area contributed by atoms with Gasteiger partial charge in [0, 0.05) is 12.7 Å². The van der Waals surface area contributed by atoms with Gasteiger partial charge in [-0.25, -0.2) is 4.98 Å². The van der Waals surface area contributed by atoms with Crippen molar-refractivity contribution in [1.82, 2.24) is 4.98 Å². The lowest BCUT2D eigenvalue weighted by molar-refractivity contribution is 1.10. The number of anilines is 1. The highest BCUT2D eigenvalue weighted by atomic mass is 15.0. The molecule has 2 heteroatoms. The Morgan fingerprint density at radius 3 is 2.19 bits per heavy atom. The summed E-state index contributed by atoms with van der Waals surface area (Å²) < 4.78 is 0. The Morgan fingerprint density at radius 2 is 1.62 bits per heavy atom. The number of pyridine rings is 1. The molecule has 1 aliphatic rings. The van der Waals surface area contributed by atoms with E-state index in [4.69, 9.17) is 0 Å². The maximum absolute atomic E-state index is 4.25. The summed E-state index contributed by atoms with van der Waals surface area (Å²) in [5.41, 5.74) is 2.61. The highest BCUT2D eigenvalue weighted by Gasteiger charge is 2.09. The van der Waals surface area contributed by atoms with Crippen molar-refractivity contribution in [3.8, 4) is 0 Å². The van der Waals surface area contributed by atoms with E-state index >= 15 is 0 Å². The molecule has 1 aromatic heterocycles. The summed E-state index contributed by atoms with van der Waals surface area (Å²) in [5.74, 6) is 1.07. The Bertz CT molecular complexity index is 257. The molecule has 2 heterocycles. The Balaban J connectivity index is 0. The Morgan fingerprint density at radius 1 is 1.06 bits per heavy atom. The van der Waals surface area contributed by atoms with Crippen LogP contribution in [0.25, 0.3) is 0 Å². The second-order valence-electron chi connectivity index (χ2n) is 2.70. The van der Waals surface area contributed by atoms with Crippen molar-refractivity contribution in [1.29, 1.82) is 0 Å². The molecule has 16 heavy (non-hydrogen) atoms. The Kier molecular flexibility index (Phi) is 13.0. The number of nitrogens with zero attached hydrogens (tertiary/aromatic N) is 1. The number of rotatable bonds is 0. The van der Waals surface area contributed by atoms with Gasteiger partial charge < -0.3 is 5.32 Å². The summed E-state index contributed by atoms with van der Waals surface area (Å²) in [6.07, 6.45) is 3.03. The van der Waals surface area contributed by atoms with E-state index in [2.05, 4.69) is 23.3 Å². The van der Waals surface area contributed by atoms with Gasteiger partial charge in [0.2, 0.25) is 0 Å². The smallest absolute Gasteiger partial charge is 0.129 e. The van der Waals surface area contributed by atoms with Crippen LogP contribution in [-0.4, -0.2) is 11.5 Å². The number of nitrogens with one attached hydrogen (secondary N) is 1. The zero-order valence-electron chi connectivity index (χ0n) is 12.0. The zero-order valence-corrected chi connectivity index (χ0v) is 12.0. The van der Waals surface area contributed by atoms with E-state index in [1.165, 1.54) is 11.1 Å². The summed E-state index contributed by atoms with van der Waals surface area (Å²) in [4.78, 5) is 4.25. The van der Waals surface area contributed by atoms with Crippen molar-refractivity contribution >= 4 is 5.82 Å². The third kappa shape index (κ3) is 5.74. The van der Waals surface area contributed by atoms with Gasteiger partial charge in [-0.3, -0.25) is 0 Å². The van der Waals surface area contributed by atoms with Crippen LogP contribution in [0.3, 0.4) is 0 Å². The van der Waals surface area contributed by atoms with Crippen molar-refractivity contribution in [2.45, 2.75) is 54.9 Å². The molecule has 94 valence electrons. The summed E-state index contributed by atoms with van der Waals surface area (Å²) in [6.45, 7) is 15.1. The fourth-order valence-electron chi connectivity index (χ4n) is 1.30. The van der Waals surface area contributed by atoms with Crippen molar-refractivity contribution in [2.24, 2.45) is 0 Å². The summed E-state index contributed by atoms with van der Waals surface area (Å²) in [7, 11) is 0. The molecule has 0 bridgehead atoms. The van der Waals surface area contributed by atoms with Gasteiger partial charge in [-0.05, 0) is 24.5 Å². The first-order chi connectivity index (χ1) is 7.86. The normalized spacial score (nSPS) is 10.2. The number of fused-ring (bicyclic) bond motifs is 1. The minimum absolute atomic E-state index is 1.05. The molecule has 0 radical (unpaired) electrons. The van der Waals surface area contributed by atoms with Crippen LogP contribution in [0.5, 0.6) is 0 Å².